The van der Waals surface area contributed by atoms with Gasteiger partial charge in [0.1, 0.15) is 17.3 Å². The number of ether oxygens (including phenoxy) is 3. The fourth-order valence-electron chi connectivity index (χ4n) is 3.91. The summed E-state index contributed by atoms with van der Waals surface area (Å²) < 4.78 is 15.9. The van der Waals surface area contributed by atoms with Crippen LogP contribution in [0.25, 0.3) is 0 Å². The van der Waals surface area contributed by atoms with Gasteiger partial charge < -0.3 is 14.2 Å². The van der Waals surface area contributed by atoms with Crippen LogP contribution in [0.4, 0.5) is 0 Å². The molecule has 26 heavy (non-hydrogen) atoms. The third-order valence-corrected chi connectivity index (χ3v) is 5.08. The fourth-order valence-corrected chi connectivity index (χ4v) is 3.91. The second-order valence-corrected chi connectivity index (χ2v) is 6.48. The Bertz CT molecular complexity index is 808. The van der Waals surface area contributed by atoms with Crippen LogP contribution in [0.3, 0.4) is 0 Å². The molecule has 138 valence electrons. The van der Waals surface area contributed by atoms with Crippen molar-refractivity contribution in [2.24, 2.45) is 10.9 Å². The summed E-state index contributed by atoms with van der Waals surface area (Å²) in [5, 5.41) is 0. The maximum Gasteiger partial charge on any atom is 0.336 e. The Hall–Kier alpha value is -2.63. The molecule has 0 radical (unpaired) electrons. The summed E-state index contributed by atoms with van der Waals surface area (Å²) >= 11 is 0. The average molecular weight is 357 g/mol. The summed E-state index contributed by atoms with van der Waals surface area (Å²) in [4.78, 5) is 29.9. The molecule has 6 heteroatoms. The third-order valence-electron chi connectivity index (χ3n) is 5.08. The van der Waals surface area contributed by atoms with Gasteiger partial charge in [0.15, 0.2) is 0 Å². The van der Waals surface area contributed by atoms with Crippen molar-refractivity contribution < 1.29 is 23.8 Å². The first-order valence-electron chi connectivity index (χ1n) is 8.63. The smallest absolute Gasteiger partial charge is 0.336 e. The molecular formula is C20H23NO5. The zero-order chi connectivity index (χ0) is 18.8. The number of nitrogens with zero attached hydrogens (tertiary/aromatic N) is 1. The monoisotopic (exact) mass is 357 g/mol. The molecule has 1 aromatic rings. The highest BCUT2D eigenvalue weighted by Crippen LogP contribution is 2.46. The molecule has 1 saturated carbocycles. The fraction of sp³-hybridized carbons (Fsp3) is 0.450. The molecule has 0 aromatic heterocycles. The van der Waals surface area contributed by atoms with Gasteiger partial charge in [-0.3, -0.25) is 9.79 Å². The molecule has 1 heterocycles. The first kappa shape index (κ1) is 18.2. The Labute approximate surface area is 152 Å². The number of methoxy groups -OCH3 is 3. The molecule has 2 aliphatic rings. The molecule has 0 saturated heterocycles. The van der Waals surface area contributed by atoms with Crippen LogP contribution in [0.5, 0.6) is 11.5 Å². The van der Waals surface area contributed by atoms with Crippen molar-refractivity contribution in [2.45, 2.75) is 32.1 Å². The van der Waals surface area contributed by atoms with Crippen LogP contribution in [0.1, 0.15) is 37.7 Å². The zero-order valence-corrected chi connectivity index (χ0v) is 15.5. The molecule has 2 atom stereocenters. The summed E-state index contributed by atoms with van der Waals surface area (Å²) in [5.74, 6) is -0.104. The van der Waals surface area contributed by atoms with Gasteiger partial charge in [-0.15, -0.1) is 0 Å². The topological polar surface area (TPSA) is 74.2 Å². The summed E-state index contributed by atoms with van der Waals surface area (Å²) in [6.07, 6.45) is 2.03. The van der Waals surface area contributed by atoms with Crippen LogP contribution >= 0.6 is 0 Å². The lowest BCUT2D eigenvalue weighted by molar-refractivity contribution is -0.136. The van der Waals surface area contributed by atoms with E-state index in [9.17, 15) is 9.59 Å². The Kier molecular flexibility index (Phi) is 5.11. The van der Waals surface area contributed by atoms with E-state index in [1.165, 1.54) is 7.11 Å². The van der Waals surface area contributed by atoms with Crippen LogP contribution in [0.2, 0.25) is 0 Å². The third kappa shape index (κ3) is 3.00. The molecule has 2 unspecified atom stereocenters. The Morgan fingerprint density at radius 1 is 1.12 bits per heavy atom. The highest BCUT2D eigenvalue weighted by atomic mass is 16.5. The van der Waals surface area contributed by atoms with E-state index in [0.29, 0.717) is 29.2 Å². The minimum absolute atomic E-state index is 0.0961. The first-order chi connectivity index (χ1) is 12.5. The molecule has 1 aliphatic carbocycles. The van der Waals surface area contributed by atoms with E-state index in [2.05, 4.69) is 4.99 Å². The number of esters is 1. The van der Waals surface area contributed by atoms with Gasteiger partial charge in [-0.2, -0.15) is 0 Å². The number of rotatable bonds is 4. The molecular weight excluding hydrogens is 334 g/mol. The van der Waals surface area contributed by atoms with Crippen LogP contribution in [-0.4, -0.2) is 38.8 Å². The minimum Gasteiger partial charge on any atom is -0.497 e. The van der Waals surface area contributed by atoms with Crippen molar-refractivity contribution in [2.75, 3.05) is 21.3 Å². The largest absolute Gasteiger partial charge is 0.497 e. The Morgan fingerprint density at radius 3 is 2.54 bits per heavy atom. The van der Waals surface area contributed by atoms with Crippen LogP contribution in [-0.2, 0) is 14.3 Å². The Morgan fingerprint density at radius 2 is 1.88 bits per heavy atom. The summed E-state index contributed by atoms with van der Waals surface area (Å²) in [7, 11) is 4.48. The first-order valence-corrected chi connectivity index (χ1v) is 8.63. The van der Waals surface area contributed by atoms with Gasteiger partial charge in [-0.1, -0.05) is 0 Å². The van der Waals surface area contributed by atoms with E-state index in [1.807, 2.05) is 6.07 Å². The number of hydrogen-bond acceptors (Lipinski definition) is 6. The van der Waals surface area contributed by atoms with Gasteiger partial charge in [-0.25, -0.2) is 4.79 Å². The molecule has 0 amide bonds. The van der Waals surface area contributed by atoms with E-state index >= 15 is 0 Å². The standard InChI is InChI=1S/C20H23NO5/c1-11-17(20(23)26-4)18(19-14(21-11)6-5-7-15(19)22)13-10-12(24-2)8-9-16(13)25-3/h8-10,18-19H,5-7H2,1-4H3. The number of hydrogen-bond donors (Lipinski definition) is 0. The lowest BCUT2D eigenvalue weighted by atomic mass is 9.69. The van der Waals surface area contributed by atoms with Crippen LogP contribution < -0.4 is 9.47 Å². The number of fused-ring (bicyclic) bond motifs is 1. The molecule has 1 aromatic carbocycles. The molecule has 3 rings (SSSR count). The maximum absolute atomic E-state index is 12.8. The van der Waals surface area contributed by atoms with Crippen molar-refractivity contribution >= 4 is 17.5 Å². The molecule has 0 spiro atoms. The van der Waals surface area contributed by atoms with Gasteiger partial charge in [-0.05, 0) is 38.0 Å². The molecule has 1 fully saturated rings. The van der Waals surface area contributed by atoms with E-state index < -0.39 is 17.8 Å². The summed E-state index contributed by atoms with van der Waals surface area (Å²) in [6.45, 7) is 1.79. The van der Waals surface area contributed by atoms with Gasteiger partial charge in [0, 0.05) is 29.3 Å². The summed E-state index contributed by atoms with van der Waals surface area (Å²) in [5.41, 5.74) is 2.57. The predicted octanol–water partition coefficient (Wildman–Crippen LogP) is 3.06. The number of carbonyl (C=O) groups excluding carboxylic acids is 2. The summed E-state index contributed by atoms with van der Waals surface area (Å²) in [6, 6.07) is 5.40. The zero-order valence-electron chi connectivity index (χ0n) is 15.5. The second kappa shape index (κ2) is 7.32. The highest BCUT2D eigenvalue weighted by Gasteiger charge is 2.44. The van der Waals surface area contributed by atoms with Gasteiger partial charge in [0.25, 0.3) is 0 Å². The number of Topliss-reactive ketones (excluding diaryl/α,β-unsaturated/α-hetero) is 1. The van der Waals surface area contributed by atoms with Crippen molar-refractivity contribution in [3.8, 4) is 11.5 Å². The molecule has 6 nitrogen and oxygen atoms in total. The molecule has 1 aliphatic heterocycles. The SMILES string of the molecule is COC(=O)C1=C(C)N=C2CCCC(=O)C2C1c1cc(OC)ccc1OC. The number of allylic oxidation sites excluding steroid dienone is 1. The molecule has 0 N–H and O–H groups in total. The number of carbonyl (C=O) groups is 2. The highest BCUT2D eigenvalue weighted by molar-refractivity contribution is 6.11. The average Bonchev–Trinajstić information content (AvgIpc) is 2.66. The van der Waals surface area contributed by atoms with E-state index in [-0.39, 0.29) is 5.78 Å². The lowest BCUT2D eigenvalue weighted by Crippen LogP contribution is -2.39. The Balaban J connectivity index is 2.25. The maximum atomic E-state index is 12.8. The number of ketones is 1. The number of aliphatic imine (C=N–C) groups is 1. The lowest BCUT2D eigenvalue weighted by Gasteiger charge is -2.36. The van der Waals surface area contributed by atoms with Crippen LogP contribution in [0, 0.1) is 5.92 Å². The van der Waals surface area contributed by atoms with Crippen molar-refractivity contribution in [1.82, 2.24) is 0 Å². The second-order valence-electron chi connectivity index (χ2n) is 6.48. The quantitative estimate of drug-likeness (QED) is 0.774. The van der Waals surface area contributed by atoms with Gasteiger partial charge >= 0.3 is 5.97 Å². The van der Waals surface area contributed by atoms with E-state index in [1.54, 1.807) is 33.3 Å². The minimum atomic E-state index is -0.493. The predicted molar refractivity (Wildman–Crippen MR) is 96.8 cm³/mol. The van der Waals surface area contributed by atoms with Crippen LogP contribution in [0.15, 0.2) is 34.5 Å². The van der Waals surface area contributed by atoms with Crippen molar-refractivity contribution in [3.05, 3.63) is 35.0 Å². The van der Waals surface area contributed by atoms with Gasteiger partial charge in [0.2, 0.25) is 0 Å². The number of benzene rings is 1. The van der Waals surface area contributed by atoms with Gasteiger partial charge in [0.05, 0.1) is 32.8 Å². The normalized spacial score (nSPS) is 22.5. The van der Waals surface area contributed by atoms with Crippen molar-refractivity contribution in [1.29, 1.82) is 0 Å². The molecule has 0 bridgehead atoms. The van der Waals surface area contributed by atoms with Crippen molar-refractivity contribution in [3.63, 3.8) is 0 Å². The van der Waals surface area contributed by atoms with E-state index in [4.69, 9.17) is 14.2 Å². The van der Waals surface area contributed by atoms with E-state index in [0.717, 1.165) is 24.1 Å².